The number of rotatable bonds is 5. The van der Waals surface area contributed by atoms with Gasteiger partial charge in [-0.3, -0.25) is 0 Å². The van der Waals surface area contributed by atoms with Crippen molar-refractivity contribution in [1.29, 1.82) is 0 Å². The van der Waals surface area contributed by atoms with Crippen LogP contribution in [0.5, 0.6) is 0 Å². The molecule has 0 heterocycles. The van der Waals surface area contributed by atoms with E-state index in [1.54, 1.807) is 6.07 Å². The van der Waals surface area contributed by atoms with Crippen LogP contribution in [0.25, 0.3) is 0 Å². The maximum absolute atomic E-state index is 13.1. The van der Waals surface area contributed by atoms with Crippen molar-refractivity contribution in [2.45, 2.75) is 19.8 Å². The van der Waals surface area contributed by atoms with E-state index in [4.69, 9.17) is 11.6 Å². The highest BCUT2D eigenvalue weighted by atomic mass is 79.9. The van der Waals surface area contributed by atoms with Crippen molar-refractivity contribution >= 4 is 27.5 Å². The minimum absolute atomic E-state index is 0.284. The third-order valence-electron chi connectivity index (χ3n) is 3.35. The summed E-state index contributed by atoms with van der Waals surface area (Å²) in [6.45, 7) is 2.10. The second-order valence-electron chi connectivity index (χ2n) is 5.15. The Bertz CT molecular complexity index is 583. The first-order valence-corrected chi connectivity index (χ1v) is 8.14. The summed E-state index contributed by atoms with van der Waals surface area (Å²) >= 11 is 9.67. The second kappa shape index (κ2) is 7.24. The molecule has 0 radical (unpaired) electrons. The largest absolute Gasteiger partial charge is 0.207 e. The monoisotopic (exact) mass is 354 g/mol. The van der Waals surface area contributed by atoms with Gasteiger partial charge in [-0.1, -0.05) is 63.4 Å². The van der Waals surface area contributed by atoms with Crippen LogP contribution in [0.3, 0.4) is 0 Å². The molecule has 2 rings (SSSR count). The van der Waals surface area contributed by atoms with Gasteiger partial charge in [0.15, 0.2) is 0 Å². The molecule has 0 spiro atoms. The summed E-state index contributed by atoms with van der Waals surface area (Å²) in [5.74, 6) is 0.160. The Labute approximate surface area is 133 Å². The predicted molar refractivity (Wildman–Crippen MR) is 87.3 cm³/mol. The van der Waals surface area contributed by atoms with Crippen LogP contribution in [0, 0.1) is 18.7 Å². The molecule has 0 N–H and O–H groups in total. The summed E-state index contributed by atoms with van der Waals surface area (Å²) in [6.07, 6.45) is 1.83. The highest BCUT2D eigenvalue weighted by Gasteiger charge is 2.12. The summed E-state index contributed by atoms with van der Waals surface area (Å²) in [4.78, 5) is 0. The Morgan fingerprint density at radius 3 is 2.60 bits per heavy atom. The molecule has 0 aliphatic heterocycles. The first-order chi connectivity index (χ1) is 9.58. The zero-order chi connectivity index (χ0) is 14.5. The van der Waals surface area contributed by atoms with Crippen LogP contribution in [0.2, 0.25) is 5.02 Å². The number of alkyl halides is 1. The summed E-state index contributed by atoms with van der Waals surface area (Å²) in [5, 5.41) is 1.41. The van der Waals surface area contributed by atoms with Gasteiger partial charge in [0, 0.05) is 10.4 Å². The third kappa shape index (κ3) is 4.32. The molecule has 2 aromatic carbocycles. The molecule has 3 heteroatoms. The molecule has 1 atom stereocenters. The Hall–Kier alpha value is -0.860. The number of benzene rings is 2. The average molecular weight is 356 g/mol. The van der Waals surface area contributed by atoms with Gasteiger partial charge in [0.1, 0.15) is 5.82 Å². The summed E-state index contributed by atoms with van der Waals surface area (Å²) in [6, 6.07) is 13.2. The Balaban J connectivity index is 2.09. The quantitative estimate of drug-likeness (QED) is 0.614. The average Bonchev–Trinajstić information content (AvgIpc) is 2.41. The molecule has 0 bridgehead atoms. The van der Waals surface area contributed by atoms with Crippen LogP contribution in [0.15, 0.2) is 42.5 Å². The molecule has 0 aliphatic rings. The van der Waals surface area contributed by atoms with Crippen molar-refractivity contribution in [2.75, 3.05) is 5.33 Å². The number of aryl methyl sites for hydroxylation is 1. The second-order valence-corrected chi connectivity index (χ2v) is 6.21. The van der Waals surface area contributed by atoms with Gasteiger partial charge >= 0.3 is 0 Å². The molecule has 0 amide bonds. The van der Waals surface area contributed by atoms with Gasteiger partial charge in [0.05, 0.1) is 0 Å². The van der Waals surface area contributed by atoms with E-state index < -0.39 is 0 Å². The molecule has 0 saturated heterocycles. The fourth-order valence-corrected chi connectivity index (χ4v) is 3.05. The molecule has 0 aliphatic carbocycles. The maximum Gasteiger partial charge on any atom is 0.124 e. The van der Waals surface area contributed by atoms with E-state index in [0.717, 1.165) is 23.7 Å². The topological polar surface area (TPSA) is 0 Å². The molecule has 106 valence electrons. The lowest BCUT2D eigenvalue weighted by atomic mass is 9.93. The van der Waals surface area contributed by atoms with E-state index in [1.807, 2.05) is 0 Å². The highest BCUT2D eigenvalue weighted by molar-refractivity contribution is 9.09. The van der Waals surface area contributed by atoms with Crippen molar-refractivity contribution < 1.29 is 4.39 Å². The summed E-state index contributed by atoms with van der Waals surface area (Å²) < 4.78 is 13.1. The molecule has 2 aromatic rings. The Kier molecular flexibility index (Phi) is 5.62. The van der Waals surface area contributed by atoms with Crippen molar-refractivity contribution in [3.05, 3.63) is 70.0 Å². The van der Waals surface area contributed by atoms with Gasteiger partial charge in [-0.2, -0.15) is 0 Å². The Morgan fingerprint density at radius 1 is 1.15 bits per heavy atom. The van der Waals surface area contributed by atoms with Crippen LogP contribution in [-0.2, 0) is 12.8 Å². The van der Waals surface area contributed by atoms with Crippen molar-refractivity contribution in [3.63, 3.8) is 0 Å². The molecular formula is C17H17BrClF. The highest BCUT2D eigenvalue weighted by Crippen LogP contribution is 2.23. The van der Waals surface area contributed by atoms with Crippen molar-refractivity contribution in [3.8, 4) is 0 Å². The van der Waals surface area contributed by atoms with E-state index >= 15 is 0 Å². The molecule has 20 heavy (non-hydrogen) atoms. The van der Waals surface area contributed by atoms with Gasteiger partial charge in [-0.05, 0) is 48.9 Å². The zero-order valence-electron chi connectivity index (χ0n) is 11.4. The lowest BCUT2D eigenvalue weighted by molar-refractivity contribution is 0.587. The molecule has 0 aromatic heterocycles. The molecule has 0 saturated carbocycles. The third-order valence-corrected chi connectivity index (χ3v) is 4.62. The standard InChI is InChI=1S/C17H17BrClF/c1-12-3-2-4-13(7-12)8-14(11-18)9-15-5-6-16(20)10-17(15)19/h2-7,10,14H,8-9,11H2,1H3. The minimum Gasteiger partial charge on any atom is -0.207 e. The summed E-state index contributed by atoms with van der Waals surface area (Å²) in [7, 11) is 0. The number of hydrogen-bond acceptors (Lipinski definition) is 0. The van der Waals surface area contributed by atoms with Crippen molar-refractivity contribution in [2.24, 2.45) is 5.92 Å². The van der Waals surface area contributed by atoms with Gasteiger partial charge < -0.3 is 0 Å². The lowest BCUT2D eigenvalue weighted by Gasteiger charge is -2.15. The van der Waals surface area contributed by atoms with E-state index in [0.29, 0.717) is 10.9 Å². The van der Waals surface area contributed by atoms with E-state index in [1.165, 1.54) is 23.3 Å². The van der Waals surface area contributed by atoms with Crippen LogP contribution in [-0.4, -0.2) is 5.33 Å². The number of halogens is 3. The first-order valence-electron chi connectivity index (χ1n) is 6.64. The smallest absolute Gasteiger partial charge is 0.124 e. The van der Waals surface area contributed by atoms with Gasteiger partial charge in [-0.15, -0.1) is 0 Å². The fourth-order valence-electron chi connectivity index (χ4n) is 2.35. The molecular weight excluding hydrogens is 339 g/mol. The number of hydrogen-bond donors (Lipinski definition) is 0. The minimum atomic E-state index is -0.284. The zero-order valence-corrected chi connectivity index (χ0v) is 13.7. The van der Waals surface area contributed by atoms with Crippen molar-refractivity contribution in [1.82, 2.24) is 0 Å². The molecule has 0 fully saturated rings. The molecule has 0 nitrogen and oxygen atoms in total. The Morgan fingerprint density at radius 2 is 1.95 bits per heavy atom. The predicted octanol–water partition coefficient (Wildman–Crippen LogP) is 5.58. The van der Waals surface area contributed by atoms with Gasteiger partial charge in [0.25, 0.3) is 0 Å². The normalized spacial score (nSPS) is 12.4. The van der Waals surface area contributed by atoms with Gasteiger partial charge in [0.2, 0.25) is 0 Å². The van der Waals surface area contributed by atoms with Crippen LogP contribution in [0.1, 0.15) is 16.7 Å². The van der Waals surface area contributed by atoms with E-state index in [2.05, 4.69) is 47.1 Å². The lowest BCUT2D eigenvalue weighted by Crippen LogP contribution is -2.10. The summed E-state index contributed by atoms with van der Waals surface area (Å²) in [5.41, 5.74) is 3.61. The SMILES string of the molecule is Cc1cccc(CC(CBr)Cc2ccc(F)cc2Cl)c1. The van der Waals surface area contributed by atoms with Crippen LogP contribution >= 0.6 is 27.5 Å². The maximum atomic E-state index is 13.1. The fraction of sp³-hybridized carbons (Fsp3) is 0.294. The first kappa shape index (κ1) is 15.5. The van der Waals surface area contributed by atoms with Crippen LogP contribution < -0.4 is 0 Å². The molecule has 1 unspecified atom stereocenters. The van der Waals surface area contributed by atoms with E-state index in [-0.39, 0.29) is 5.82 Å². The van der Waals surface area contributed by atoms with E-state index in [9.17, 15) is 4.39 Å². The van der Waals surface area contributed by atoms with Gasteiger partial charge in [-0.25, -0.2) is 4.39 Å². The van der Waals surface area contributed by atoms with Crippen LogP contribution in [0.4, 0.5) is 4.39 Å².